The van der Waals surface area contributed by atoms with Gasteiger partial charge in [0.15, 0.2) is 6.29 Å². The number of ether oxygens (including phenoxy) is 2. The molecule has 5 unspecified atom stereocenters. The molecule has 0 aromatic carbocycles. The van der Waals surface area contributed by atoms with Gasteiger partial charge in [0.2, 0.25) is 0 Å². The van der Waals surface area contributed by atoms with E-state index in [1.807, 2.05) is 0 Å². The van der Waals surface area contributed by atoms with E-state index in [0.29, 0.717) is 0 Å². The Morgan fingerprint density at radius 3 is 2.27 bits per heavy atom. The monoisotopic (exact) mass is 383 g/mol. The van der Waals surface area contributed by atoms with E-state index in [-0.39, 0.29) is 26.0 Å². The topological polar surface area (TPSA) is 192 Å². The Morgan fingerprint density at radius 1 is 0.962 bits per heavy atom. The van der Waals surface area contributed by atoms with Gasteiger partial charge in [0, 0.05) is 13.2 Å². The molecule has 9 atom stereocenters. The van der Waals surface area contributed by atoms with Crippen LogP contribution in [0.25, 0.3) is 0 Å². The van der Waals surface area contributed by atoms with Crippen molar-refractivity contribution in [3.05, 3.63) is 0 Å². The highest BCUT2D eigenvalue weighted by Crippen LogP contribution is 2.26. The molecule has 9 N–H and O–H groups in total. The van der Waals surface area contributed by atoms with E-state index in [1.165, 1.54) is 0 Å². The summed E-state index contributed by atoms with van der Waals surface area (Å²) in [6.07, 6.45) is -10.3. The first kappa shape index (κ1) is 21.9. The standard InChI is InChI=1S/C15H29NO10/c17-5-8-10(21)11(22)12(23)14(26-8)25-3-1-2-15(6-18)13(24)9(20)7(19)4-16-15/h7-14,16-24H,1-6H2/t7-,8?,9+,10?,11?,12?,13-,14?,15+/m0/s1. The Hall–Kier alpha value is -0.440. The highest BCUT2D eigenvalue weighted by molar-refractivity contribution is 5.04. The highest BCUT2D eigenvalue weighted by atomic mass is 16.7. The third kappa shape index (κ3) is 4.34. The number of aliphatic hydroxyl groups is 8. The van der Waals surface area contributed by atoms with Crippen molar-refractivity contribution >= 4 is 0 Å². The second-order valence-electron chi connectivity index (χ2n) is 6.87. The van der Waals surface area contributed by atoms with Crippen LogP contribution in [0.2, 0.25) is 0 Å². The third-order valence-corrected chi connectivity index (χ3v) is 5.13. The molecule has 154 valence electrons. The lowest BCUT2D eigenvalue weighted by molar-refractivity contribution is -0.301. The number of β-amino-alcohol motifs (C(OH)–C–C–N with tert-alkyl or cyclic N) is 1. The number of hydrogen-bond donors (Lipinski definition) is 9. The fraction of sp³-hybridized carbons (Fsp3) is 1.00. The van der Waals surface area contributed by atoms with E-state index in [2.05, 4.69) is 5.32 Å². The molecule has 2 aliphatic rings. The minimum Gasteiger partial charge on any atom is -0.394 e. The van der Waals surface area contributed by atoms with Crippen LogP contribution in [-0.4, -0.2) is 122 Å². The van der Waals surface area contributed by atoms with Crippen LogP contribution in [0.4, 0.5) is 0 Å². The maximum Gasteiger partial charge on any atom is 0.186 e. The van der Waals surface area contributed by atoms with Crippen LogP contribution in [-0.2, 0) is 9.47 Å². The van der Waals surface area contributed by atoms with Crippen molar-refractivity contribution < 1.29 is 50.3 Å². The predicted molar refractivity (Wildman–Crippen MR) is 84.8 cm³/mol. The second kappa shape index (κ2) is 9.17. The van der Waals surface area contributed by atoms with Gasteiger partial charge in [-0.3, -0.25) is 0 Å². The molecule has 11 heteroatoms. The molecular formula is C15H29NO10. The van der Waals surface area contributed by atoms with Crippen molar-refractivity contribution in [2.75, 3.05) is 26.4 Å². The van der Waals surface area contributed by atoms with Crippen LogP contribution in [0.15, 0.2) is 0 Å². The van der Waals surface area contributed by atoms with E-state index in [0.717, 1.165) is 0 Å². The number of rotatable bonds is 7. The van der Waals surface area contributed by atoms with Crippen molar-refractivity contribution in [1.29, 1.82) is 0 Å². The first-order valence-corrected chi connectivity index (χ1v) is 8.59. The van der Waals surface area contributed by atoms with Gasteiger partial charge in [-0.25, -0.2) is 0 Å². The molecule has 2 aliphatic heterocycles. The van der Waals surface area contributed by atoms with E-state index in [1.54, 1.807) is 0 Å². The number of aliphatic hydroxyl groups excluding tert-OH is 8. The normalized spacial score (nSPS) is 47.1. The molecule has 2 heterocycles. The number of hydrogen-bond acceptors (Lipinski definition) is 11. The molecule has 0 spiro atoms. The van der Waals surface area contributed by atoms with Crippen molar-refractivity contribution in [1.82, 2.24) is 5.32 Å². The smallest absolute Gasteiger partial charge is 0.186 e. The van der Waals surface area contributed by atoms with Crippen LogP contribution >= 0.6 is 0 Å². The summed E-state index contributed by atoms with van der Waals surface area (Å²) in [4.78, 5) is 0. The van der Waals surface area contributed by atoms with Gasteiger partial charge < -0.3 is 55.6 Å². The fourth-order valence-corrected chi connectivity index (χ4v) is 3.33. The highest BCUT2D eigenvalue weighted by Gasteiger charge is 2.47. The van der Waals surface area contributed by atoms with Crippen LogP contribution in [0, 0.1) is 0 Å². The number of nitrogens with one attached hydrogen (secondary N) is 1. The quantitative estimate of drug-likeness (QED) is 0.191. The van der Waals surface area contributed by atoms with E-state index >= 15 is 0 Å². The Bertz CT molecular complexity index is 441. The van der Waals surface area contributed by atoms with Gasteiger partial charge in [-0.2, -0.15) is 0 Å². The molecule has 2 saturated heterocycles. The van der Waals surface area contributed by atoms with E-state index in [4.69, 9.17) is 14.6 Å². The molecule has 11 nitrogen and oxygen atoms in total. The van der Waals surface area contributed by atoms with Crippen LogP contribution in [0.5, 0.6) is 0 Å². The van der Waals surface area contributed by atoms with Gasteiger partial charge in [0.05, 0.1) is 24.9 Å². The zero-order chi connectivity index (χ0) is 19.5. The molecule has 0 aromatic rings. The summed E-state index contributed by atoms with van der Waals surface area (Å²) in [7, 11) is 0. The lowest BCUT2D eigenvalue weighted by atomic mass is 9.80. The largest absolute Gasteiger partial charge is 0.394 e. The Morgan fingerprint density at radius 2 is 1.65 bits per heavy atom. The van der Waals surface area contributed by atoms with E-state index in [9.17, 15) is 35.7 Å². The third-order valence-electron chi connectivity index (χ3n) is 5.13. The molecule has 0 saturated carbocycles. The molecule has 0 amide bonds. The average molecular weight is 383 g/mol. The maximum atomic E-state index is 10.2. The zero-order valence-corrected chi connectivity index (χ0v) is 14.3. The van der Waals surface area contributed by atoms with Crippen LogP contribution < -0.4 is 5.32 Å². The predicted octanol–water partition coefficient (Wildman–Crippen LogP) is -5.00. The van der Waals surface area contributed by atoms with Crippen molar-refractivity contribution in [3.63, 3.8) is 0 Å². The molecular weight excluding hydrogens is 354 g/mol. The van der Waals surface area contributed by atoms with Crippen molar-refractivity contribution in [3.8, 4) is 0 Å². The number of piperidine rings is 1. The van der Waals surface area contributed by atoms with Gasteiger partial charge in [-0.05, 0) is 12.8 Å². The summed E-state index contributed by atoms with van der Waals surface area (Å²) in [6.45, 7) is -1.02. The molecule has 2 rings (SSSR count). The summed E-state index contributed by atoms with van der Waals surface area (Å²) >= 11 is 0. The Balaban J connectivity index is 1.85. The molecule has 26 heavy (non-hydrogen) atoms. The second-order valence-corrected chi connectivity index (χ2v) is 6.87. The minimum absolute atomic E-state index is 0.00630. The molecule has 2 fully saturated rings. The molecule has 0 bridgehead atoms. The van der Waals surface area contributed by atoms with Gasteiger partial charge in [0.25, 0.3) is 0 Å². The fourth-order valence-electron chi connectivity index (χ4n) is 3.33. The summed E-state index contributed by atoms with van der Waals surface area (Å²) in [5, 5.41) is 80.4. The first-order chi connectivity index (χ1) is 12.3. The van der Waals surface area contributed by atoms with Gasteiger partial charge in [0.1, 0.15) is 36.6 Å². The van der Waals surface area contributed by atoms with Crippen LogP contribution in [0.3, 0.4) is 0 Å². The molecule has 0 radical (unpaired) electrons. The molecule has 0 aromatic heterocycles. The Labute approximate surface area is 150 Å². The maximum absolute atomic E-state index is 10.2. The first-order valence-electron chi connectivity index (χ1n) is 8.59. The average Bonchev–Trinajstić information content (AvgIpc) is 2.65. The Kier molecular flexibility index (Phi) is 7.71. The SMILES string of the molecule is OCC1OC(OCCC[C@]2(CO)NC[C@H](O)[C@@H](O)[C@@H]2O)C(O)C(O)C1O. The van der Waals surface area contributed by atoms with Crippen LogP contribution in [0.1, 0.15) is 12.8 Å². The van der Waals surface area contributed by atoms with E-state index < -0.39 is 67.8 Å². The van der Waals surface area contributed by atoms with Crippen molar-refractivity contribution in [2.45, 2.75) is 67.4 Å². The minimum atomic E-state index is -1.53. The summed E-state index contributed by atoms with van der Waals surface area (Å²) < 4.78 is 10.6. The lowest BCUT2D eigenvalue weighted by Gasteiger charge is -2.45. The van der Waals surface area contributed by atoms with Crippen molar-refractivity contribution in [2.24, 2.45) is 0 Å². The van der Waals surface area contributed by atoms with Gasteiger partial charge in [-0.1, -0.05) is 0 Å². The summed E-state index contributed by atoms with van der Waals surface area (Å²) in [5.41, 5.74) is -1.21. The zero-order valence-electron chi connectivity index (χ0n) is 14.3. The van der Waals surface area contributed by atoms with Gasteiger partial charge in [-0.15, -0.1) is 0 Å². The summed E-state index contributed by atoms with van der Waals surface area (Å²) in [6, 6.07) is 0. The summed E-state index contributed by atoms with van der Waals surface area (Å²) in [5.74, 6) is 0. The van der Waals surface area contributed by atoms with Gasteiger partial charge >= 0.3 is 0 Å². The lowest BCUT2D eigenvalue weighted by Crippen LogP contribution is -2.69. The molecule has 0 aliphatic carbocycles.